The number of hydrogen-bond donors (Lipinski definition) is 1. The molecule has 3 aromatic carbocycles. The smallest absolute Gasteiger partial charge is 0.245 e. The van der Waals surface area contributed by atoms with Crippen LogP contribution in [-0.2, 0) is 20.9 Å². The van der Waals surface area contributed by atoms with E-state index in [9.17, 15) is 4.79 Å². The van der Waals surface area contributed by atoms with Crippen molar-refractivity contribution in [2.45, 2.75) is 25.7 Å². The second-order valence-corrected chi connectivity index (χ2v) is 7.27. The van der Waals surface area contributed by atoms with Gasteiger partial charge in [0.15, 0.2) is 5.79 Å². The number of hydrogen-bond acceptors (Lipinski definition) is 5. The van der Waals surface area contributed by atoms with Crippen molar-refractivity contribution in [2.24, 2.45) is 5.10 Å². The molecular formula is C24H24N2O4. The number of benzene rings is 3. The van der Waals surface area contributed by atoms with Gasteiger partial charge in [0.2, 0.25) is 5.91 Å². The zero-order chi connectivity index (χ0) is 20.8. The summed E-state index contributed by atoms with van der Waals surface area (Å²) in [5.74, 6) is -0.457. The average Bonchev–Trinajstić information content (AvgIpc) is 3.18. The number of nitrogens with one attached hydrogen (secondary N) is 1. The second-order valence-electron chi connectivity index (χ2n) is 7.27. The fourth-order valence-electron chi connectivity index (χ4n) is 3.46. The number of hydrazone groups is 1. The maximum absolute atomic E-state index is 12.1. The third kappa shape index (κ3) is 4.84. The number of ether oxygens (including phenoxy) is 3. The van der Waals surface area contributed by atoms with Crippen LogP contribution in [0.3, 0.4) is 0 Å². The zero-order valence-electron chi connectivity index (χ0n) is 16.8. The number of rotatable bonds is 7. The molecule has 154 valence electrons. The van der Waals surface area contributed by atoms with E-state index in [2.05, 4.69) is 34.8 Å². The topological polar surface area (TPSA) is 69.2 Å². The number of fused-ring (bicyclic) bond motifs is 1. The van der Waals surface area contributed by atoms with E-state index < -0.39 is 5.79 Å². The van der Waals surface area contributed by atoms with Crippen LogP contribution in [0.5, 0.6) is 5.75 Å². The quantitative estimate of drug-likeness (QED) is 0.477. The minimum absolute atomic E-state index is 0.0869. The molecule has 1 aliphatic heterocycles. The lowest BCUT2D eigenvalue weighted by atomic mass is 10.1. The molecule has 3 aromatic rings. The highest BCUT2D eigenvalue weighted by Crippen LogP contribution is 2.23. The van der Waals surface area contributed by atoms with Gasteiger partial charge in [-0.2, -0.15) is 5.10 Å². The first-order valence-electron chi connectivity index (χ1n) is 9.91. The molecule has 0 radical (unpaired) electrons. The van der Waals surface area contributed by atoms with Gasteiger partial charge in [-0.25, -0.2) is 5.43 Å². The lowest BCUT2D eigenvalue weighted by molar-refractivity contribution is -0.159. The predicted octanol–water partition coefficient (Wildman–Crippen LogP) is 4.02. The number of nitrogens with zero attached hydrogens (tertiary/aromatic N) is 1. The van der Waals surface area contributed by atoms with Gasteiger partial charge in [0.05, 0.1) is 25.8 Å². The summed E-state index contributed by atoms with van der Waals surface area (Å²) in [7, 11) is 0. The maximum Gasteiger partial charge on any atom is 0.245 e. The molecule has 0 atom stereocenters. The van der Waals surface area contributed by atoms with Gasteiger partial charge >= 0.3 is 0 Å². The molecular weight excluding hydrogens is 380 g/mol. The maximum atomic E-state index is 12.1. The van der Waals surface area contributed by atoms with Crippen molar-refractivity contribution in [2.75, 3.05) is 13.2 Å². The van der Waals surface area contributed by atoms with Crippen molar-refractivity contribution >= 4 is 22.9 Å². The lowest BCUT2D eigenvalue weighted by Gasteiger charge is -2.20. The Morgan fingerprint density at radius 1 is 1.07 bits per heavy atom. The standard InChI is InChI=1S/C24H24N2O4/c1-24(29-13-14-30-24)15-23(27)26-25-16-19-8-3-5-12-22(19)28-17-20-10-6-9-18-7-2-4-11-21(18)20/h2-12,16H,13-15,17H2,1H3,(H,26,27)/b25-16+. The Labute approximate surface area is 175 Å². The SMILES string of the molecule is CC1(CC(=O)N/N=C/c2ccccc2OCc2cccc3ccccc23)OCCO1. The van der Waals surface area contributed by atoms with Crippen molar-refractivity contribution in [3.63, 3.8) is 0 Å². The highest BCUT2D eigenvalue weighted by molar-refractivity contribution is 5.86. The summed E-state index contributed by atoms with van der Waals surface area (Å²) >= 11 is 0. The van der Waals surface area contributed by atoms with E-state index in [4.69, 9.17) is 14.2 Å². The zero-order valence-corrected chi connectivity index (χ0v) is 16.8. The van der Waals surface area contributed by atoms with Crippen molar-refractivity contribution in [3.05, 3.63) is 77.9 Å². The van der Waals surface area contributed by atoms with Gasteiger partial charge in [-0.1, -0.05) is 54.6 Å². The molecule has 1 amide bonds. The third-order valence-electron chi connectivity index (χ3n) is 4.95. The van der Waals surface area contributed by atoms with E-state index in [0.717, 1.165) is 11.1 Å². The molecule has 1 saturated heterocycles. The van der Waals surface area contributed by atoms with Gasteiger partial charge in [0, 0.05) is 5.56 Å². The average molecular weight is 404 g/mol. The third-order valence-corrected chi connectivity index (χ3v) is 4.95. The molecule has 1 aliphatic rings. The van der Waals surface area contributed by atoms with E-state index in [0.29, 0.717) is 25.6 Å². The number of carbonyl (C=O) groups is 1. The van der Waals surface area contributed by atoms with Gasteiger partial charge in [0.25, 0.3) is 0 Å². The molecule has 30 heavy (non-hydrogen) atoms. The fraction of sp³-hybridized carbons (Fsp3) is 0.250. The summed E-state index contributed by atoms with van der Waals surface area (Å²) in [5.41, 5.74) is 4.41. The van der Waals surface area contributed by atoms with Crippen LogP contribution in [0.15, 0.2) is 71.8 Å². The summed E-state index contributed by atoms with van der Waals surface area (Å²) in [5, 5.41) is 6.41. The number of amides is 1. The highest BCUT2D eigenvalue weighted by Gasteiger charge is 2.33. The lowest BCUT2D eigenvalue weighted by Crippen LogP contribution is -2.33. The highest BCUT2D eigenvalue weighted by atomic mass is 16.7. The molecule has 1 N–H and O–H groups in total. The molecule has 6 nitrogen and oxygen atoms in total. The molecule has 0 aliphatic carbocycles. The van der Waals surface area contributed by atoms with E-state index in [-0.39, 0.29) is 12.3 Å². The molecule has 0 spiro atoms. The molecule has 0 aromatic heterocycles. The first-order valence-corrected chi connectivity index (χ1v) is 9.91. The minimum atomic E-state index is -0.876. The summed E-state index contributed by atoms with van der Waals surface area (Å²) in [6.45, 7) is 3.17. The minimum Gasteiger partial charge on any atom is -0.488 e. The van der Waals surface area contributed by atoms with E-state index in [1.807, 2.05) is 42.5 Å². The van der Waals surface area contributed by atoms with Gasteiger partial charge in [-0.15, -0.1) is 0 Å². The molecule has 4 rings (SSSR count). The summed E-state index contributed by atoms with van der Waals surface area (Å²) < 4.78 is 17.0. The largest absolute Gasteiger partial charge is 0.488 e. The van der Waals surface area contributed by atoms with Gasteiger partial charge in [-0.3, -0.25) is 4.79 Å². The van der Waals surface area contributed by atoms with Crippen LogP contribution in [0.25, 0.3) is 10.8 Å². The van der Waals surface area contributed by atoms with Crippen LogP contribution in [0.1, 0.15) is 24.5 Å². The number of carbonyl (C=O) groups excluding carboxylic acids is 1. The van der Waals surface area contributed by atoms with Gasteiger partial charge < -0.3 is 14.2 Å². The predicted molar refractivity (Wildman–Crippen MR) is 115 cm³/mol. The van der Waals surface area contributed by atoms with Gasteiger partial charge in [-0.05, 0) is 35.4 Å². The fourth-order valence-corrected chi connectivity index (χ4v) is 3.46. The Morgan fingerprint density at radius 2 is 1.80 bits per heavy atom. The molecule has 1 heterocycles. The van der Waals surface area contributed by atoms with E-state index in [1.54, 1.807) is 13.1 Å². The summed E-state index contributed by atoms with van der Waals surface area (Å²) in [6.07, 6.45) is 1.67. The van der Waals surface area contributed by atoms with Crippen molar-refractivity contribution in [1.82, 2.24) is 5.43 Å². The van der Waals surface area contributed by atoms with E-state index in [1.165, 1.54) is 10.8 Å². The van der Waals surface area contributed by atoms with Crippen LogP contribution in [0, 0.1) is 0 Å². The molecule has 0 saturated carbocycles. The molecule has 6 heteroatoms. The Kier molecular flexibility index (Phi) is 6.07. The van der Waals surface area contributed by atoms with E-state index >= 15 is 0 Å². The van der Waals surface area contributed by atoms with Crippen LogP contribution in [-0.4, -0.2) is 31.1 Å². The van der Waals surface area contributed by atoms with Crippen molar-refractivity contribution in [3.8, 4) is 5.75 Å². The normalized spacial score (nSPS) is 15.5. The van der Waals surface area contributed by atoms with Crippen molar-refractivity contribution in [1.29, 1.82) is 0 Å². The van der Waals surface area contributed by atoms with Crippen LogP contribution in [0.4, 0.5) is 0 Å². The van der Waals surface area contributed by atoms with Crippen LogP contribution in [0.2, 0.25) is 0 Å². The van der Waals surface area contributed by atoms with Crippen molar-refractivity contribution < 1.29 is 19.0 Å². The van der Waals surface area contributed by atoms with Crippen LogP contribution < -0.4 is 10.2 Å². The first kappa shape index (κ1) is 20.1. The molecule has 1 fully saturated rings. The monoisotopic (exact) mass is 404 g/mol. The Balaban J connectivity index is 1.40. The molecule has 0 bridgehead atoms. The number of para-hydroxylation sites is 1. The second kappa shape index (κ2) is 9.07. The van der Waals surface area contributed by atoms with Gasteiger partial charge in [0.1, 0.15) is 12.4 Å². The first-order chi connectivity index (χ1) is 14.6. The molecule has 0 unspecified atom stereocenters. The van der Waals surface area contributed by atoms with Crippen LogP contribution >= 0.6 is 0 Å². The Morgan fingerprint density at radius 3 is 2.67 bits per heavy atom. The Bertz CT molecular complexity index is 1050. The summed E-state index contributed by atoms with van der Waals surface area (Å²) in [6, 6.07) is 22.0. The Hall–Kier alpha value is -3.22. The summed E-state index contributed by atoms with van der Waals surface area (Å²) in [4.78, 5) is 12.1.